The van der Waals surface area contributed by atoms with Crippen LogP contribution in [0.5, 0.6) is 0 Å². The minimum Gasteiger partial charge on any atom is -0.339 e. The third kappa shape index (κ3) is 2.96. The molecule has 16 heavy (non-hydrogen) atoms. The van der Waals surface area contributed by atoms with E-state index in [0.29, 0.717) is 5.91 Å². The molecule has 1 heterocycles. The molecule has 2 nitrogen and oxygen atoms in total. The monoisotopic (exact) mass is 215 g/mol. The summed E-state index contributed by atoms with van der Waals surface area (Å²) in [6.07, 6.45) is 6.93. The zero-order valence-electron chi connectivity index (χ0n) is 9.43. The van der Waals surface area contributed by atoms with E-state index in [4.69, 9.17) is 0 Å². The van der Waals surface area contributed by atoms with E-state index in [9.17, 15) is 4.79 Å². The molecule has 0 radical (unpaired) electrons. The number of benzene rings is 1. The number of nitrogens with zero attached hydrogens (tertiary/aromatic N) is 1. The van der Waals surface area contributed by atoms with Gasteiger partial charge in [-0.2, -0.15) is 0 Å². The first kappa shape index (κ1) is 10.9. The van der Waals surface area contributed by atoms with Gasteiger partial charge >= 0.3 is 0 Å². The molecule has 0 unspecified atom stereocenters. The van der Waals surface area contributed by atoms with Crippen molar-refractivity contribution in [3.05, 3.63) is 48.0 Å². The van der Waals surface area contributed by atoms with Gasteiger partial charge < -0.3 is 4.90 Å². The van der Waals surface area contributed by atoms with Crippen LogP contribution in [0.3, 0.4) is 0 Å². The third-order valence-corrected chi connectivity index (χ3v) is 2.86. The van der Waals surface area contributed by atoms with Crippen molar-refractivity contribution in [2.24, 2.45) is 0 Å². The molecule has 0 atom stereocenters. The van der Waals surface area contributed by atoms with Gasteiger partial charge in [-0.1, -0.05) is 42.5 Å². The van der Waals surface area contributed by atoms with Crippen molar-refractivity contribution in [1.29, 1.82) is 0 Å². The standard InChI is InChI=1S/C14H17NO/c16-14-10-6-12-15(14)11-5-4-9-13-7-2-1-3-8-13/h1-5,7-8H,6,9-12H2/b5-4+. The van der Waals surface area contributed by atoms with E-state index in [1.165, 1.54) is 5.56 Å². The Bertz CT molecular complexity index is 370. The van der Waals surface area contributed by atoms with Crippen molar-refractivity contribution < 1.29 is 4.79 Å². The smallest absolute Gasteiger partial charge is 0.222 e. The minimum absolute atomic E-state index is 0.296. The fourth-order valence-corrected chi connectivity index (χ4v) is 1.93. The topological polar surface area (TPSA) is 20.3 Å². The Balaban J connectivity index is 1.76. The number of carbonyl (C=O) groups excluding carboxylic acids is 1. The average molecular weight is 215 g/mol. The minimum atomic E-state index is 0.296. The normalized spacial score (nSPS) is 16.2. The van der Waals surface area contributed by atoms with Gasteiger partial charge in [0.15, 0.2) is 0 Å². The van der Waals surface area contributed by atoms with Crippen molar-refractivity contribution in [2.75, 3.05) is 13.1 Å². The zero-order chi connectivity index (χ0) is 11.2. The Kier molecular flexibility index (Phi) is 3.76. The average Bonchev–Trinajstić information content (AvgIpc) is 2.72. The van der Waals surface area contributed by atoms with Crippen LogP contribution in [0, 0.1) is 0 Å². The SMILES string of the molecule is O=C1CCCN1C/C=C/Cc1ccccc1. The maximum absolute atomic E-state index is 11.3. The van der Waals surface area contributed by atoms with Crippen LogP contribution in [0.2, 0.25) is 0 Å². The third-order valence-electron chi connectivity index (χ3n) is 2.86. The van der Waals surface area contributed by atoms with Gasteiger partial charge in [0.1, 0.15) is 0 Å². The maximum atomic E-state index is 11.3. The molecule has 1 fully saturated rings. The second-order valence-corrected chi connectivity index (χ2v) is 4.10. The van der Waals surface area contributed by atoms with Gasteiger partial charge in [0.25, 0.3) is 0 Å². The molecule has 1 aromatic rings. The van der Waals surface area contributed by atoms with Crippen LogP contribution in [-0.2, 0) is 11.2 Å². The summed E-state index contributed by atoms with van der Waals surface area (Å²) in [4.78, 5) is 13.2. The van der Waals surface area contributed by atoms with E-state index < -0.39 is 0 Å². The number of allylic oxidation sites excluding steroid dienone is 1. The highest BCUT2D eigenvalue weighted by atomic mass is 16.2. The summed E-state index contributed by atoms with van der Waals surface area (Å²) in [5.74, 6) is 0.296. The Labute approximate surface area is 96.6 Å². The van der Waals surface area contributed by atoms with Crippen LogP contribution in [0.4, 0.5) is 0 Å². The molecular formula is C14H17NO. The number of hydrogen-bond donors (Lipinski definition) is 0. The molecule has 1 saturated heterocycles. The van der Waals surface area contributed by atoms with Gasteiger partial charge in [0.2, 0.25) is 5.91 Å². The van der Waals surface area contributed by atoms with Crippen molar-refractivity contribution >= 4 is 5.91 Å². The molecule has 0 spiro atoms. The van der Waals surface area contributed by atoms with E-state index >= 15 is 0 Å². The van der Waals surface area contributed by atoms with Crippen LogP contribution >= 0.6 is 0 Å². The van der Waals surface area contributed by atoms with Crippen LogP contribution in [0.1, 0.15) is 18.4 Å². The van der Waals surface area contributed by atoms with Gasteiger partial charge in [-0.25, -0.2) is 0 Å². The summed E-state index contributed by atoms with van der Waals surface area (Å²) in [6, 6.07) is 10.4. The fraction of sp³-hybridized carbons (Fsp3) is 0.357. The first-order chi connectivity index (χ1) is 7.86. The van der Waals surface area contributed by atoms with E-state index in [0.717, 1.165) is 32.4 Å². The van der Waals surface area contributed by atoms with E-state index in [1.54, 1.807) is 0 Å². The number of likely N-dealkylation sites (tertiary alicyclic amines) is 1. The Hall–Kier alpha value is -1.57. The summed E-state index contributed by atoms with van der Waals surface area (Å²) < 4.78 is 0. The number of hydrogen-bond acceptors (Lipinski definition) is 1. The van der Waals surface area contributed by atoms with E-state index in [1.807, 2.05) is 23.1 Å². The molecule has 2 rings (SSSR count). The first-order valence-corrected chi connectivity index (χ1v) is 5.83. The molecule has 0 aromatic heterocycles. The zero-order valence-corrected chi connectivity index (χ0v) is 9.43. The van der Waals surface area contributed by atoms with Crippen molar-refractivity contribution in [3.63, 3.8) is 0 Å². The van der Waals surface area contributed by atoms with Gasteiger partial charge in [-0.15, -0.1) is 0 Å². The molecule has 1 aromatic carbocycles. The lowest BCUT2D eigenvalue weighted by molar-refractivity contribution is -0.127. The molecular weight excluding hydrogens is 198 g/mol. The highest BCUT2D eigenvalue weighted by Crippen LogP contribution is 2.09. The number of rotatable bonds is 4. The molecule has 0 aliphatic carbocycles. The highest BCUT2D eigenvalue weighted by Gasteiger charge is 2.17. The maximum Gasteiger partial charge on any atom is 0.222 e. The Morgan fingerprint density at radius 1 is 1.19 bits per heavy atom. The van der Waals surface area contributed by atoms with Gasteiger partial charge in [-0.3, -0.25) is 4.79 Å². The quantitative estimate of drug-likeness (QED) is 0.706. The largest absolute Gasteiger partial charge is 0.339 e. The predicted octanol–water partition coefficient (Wildman–Crippen LogP) is 2.41. The molecule has 1 amide bonds. The lowest BCUT2D eigenvalue weighted by Gasteiger charge is -2.11. The number of carbonyl (C=O) groups is 1. The fourth-order valence-electron chi connectivity index (χ4n) is 1.93. The summed E-state index contributed by atoms with van der Waals surface area (Å²) in [5.41, 5.74) is 1.31. The highest BCUT2D eigenvalue weighted by molar-refractivity contribution is 5.78. The van der Waals surface area contributed by atoms with Crippen LogP contribution < -0.4 is 0 Å². The van der Waals surface area contributed by atoms with Gasteiger partial charge in [0, 0.05) is 19.5 Å². The molecule has 84 valence electrons. The first-order valence-electron chi connectivity index (χ1n) is 5.83. The summed E-state index contributed by atoms with van der Waals surface area (Å²) in [5, 5.41) is 0. The number of amides is 1. The summed E-state index contributed by atoms with van der Waals surface area (Å²) in [6.45, 7) is 1.69. The van der Waals surface area contributed by atoms with E-state index in [-0.39, 0.29) is 0 Å². The predicted molar refractivity (Wildman–Crippen MR) is 65.1 cm³/mol. The van der Waals surface area contributed by atoms with Gasteiger partial charge in [0.05, 0.1) is 0 Å². The van der Waals surface area contributed by atoms with Crippen molar-refractivity contribution in [1.82, 2.24) is 4.90 Å². The molecule has 0 saturated carbocycles. The summed E-state index contributed by atoms with van der Waals surface area (Å²) >= 11 is 0. The van der Waals surface area contributed by atoms with Crippen LogP contribution in [-0.4, -0.2) is 23.9 Å². The lowest BCUT2D eigenvalue weighted by Crippen LogP contribution is -2.24. The second kappa shape index (κ2) is 5.50. The summed E-state index contributed by atoms with van der Waals surface area (Å²) in [7, 11) is 0. The second-order valence-electron chi connectivity index (χ2n) is 4.10. The van der Waals surface area contributed by atoms with Gasteiger partial charge in [-0.05, 0) is 18.4 Å². The van der Waals surface area contributed by atoms with Crippen molar-refractivity contribution in [3.8, 4) is 0 Å². The van der Waals surface area contributed by atoms with Crippen LogP contribution in [0.25, 0.3) is 0 Å². The Morgan fingerprint density at radius 3 is 2.69 bits per heavy atom. The molecule has 1 aliphatic heterocycles. The molecule has 2 heteroatoms. The molecule has 0 bridgehead atoms. The lowest BCUT2D eigenvalue weighted by atomic mass is 10.1. The van der Waals surface area contributed by atoms with E-state index in [2.05, 4.69) is 24.3 Å². The Morgan fingerprint density at radius 2 is 2.00 bits per heavy atom. The van der Waals surface area contributed by atoms with Crippen LogP contribution in [0.15, 0.2) is 42.5 Å². The molecule has 1 aliphatic rings. The van der Waals surface area contributed by atoms with Crippen molar-refractivity contribution in [2.45, 2.75) is 19.3 Å². The molecule has 0 N–H and O–H groups in total.